The Morgan fingerprint density at radius 2 is 2.26 bits per heavy atom. The maximum absolute atomic E-state index is 11.9. The van der Waals surface area contributed by atoms with Crippen molar-refractivity contribution in [2.24, 2.45) is 0 Å². The van der Waals surface area contributed by atoms with E-state index < -0.39 is 0 Å². The van der Waals surface area contributed by atoms with Crippen molar-refractivity contribution in [1.29, 1.82) is 0 Å². The van der Waals surface area contributed by atoms with E-state index in [0.29, 0.717) is 28.8 Å². The number of hydrogen-bond donors (Lipinski definition) is 1. The number of amides is 1. The molecule has 1 heterocycles. The first-order chi connectivity index (χ1) is 11.1. The molecule has 0 aliphatic carbocycles. The molecule has 6 heteroatoms. The molecule has 0 bridgehead atoms. The fourth-order valence-corrected chi connectivity index (χ4v) is 2.23. The number of hydrogen-bond acceptors (Lipinski definition) is 4. The fraction of sp³-hybridized carbons (Fsp3) is 0.176. The molecule has 23 heavy (non-hydrogen) atoms. The van der Waals surface area contributed by atoms with Crippen LogP contribution in [-0.4, -0.2) is 24.6 Å². The van der Waals surface area contributed by atoms with Gasteiger partial charge in [-0.2, -0.15) is 0 Å². The third-order valence-corrected chi connectivity index (χ3v) is 3.17. The number of anilines is 1. The Balaban J connectivity index is 2.14. The number of aromatic nitrogens is 1. The first kappa shape index (κ1) is 16.8. The normalized spacial score (nSPS) is 10.6. The van der Waals surface area contributed by atoms with Crippen LogP contribution in [-0.2, 0) is 4.79 Å². The summed E-state index contributed by atoms with van der Waals surface area (Å²) in [4.78, 5) is 15.8. The Morgan fingerprint density at radius 1 is 1.43 bits per heavy atom. The molecule has 1 aromatic heterocycles. The molecule has 0 radical (unpaired) electrons. The van der Waals surface area contributed by atoms with Crippen molar-refractivity contribution >= 4 is 29.3 Å². The van der Waals surface area contributed by atoms with Crippen molar-refractivity contribution in [3.8, 4) is 11.5 Å². The van der Waals surface area contributed by atoms with E-state index >= 15 is 0 Å². The zero-order valence-corrected chi connectivity index (χ0v) is 13.6. The number of nitrogens with zero attached hydrogens (tertiary/aromatic N) is 1. The second-order valence-corrected chi connectivity index (χ2v) is 4.94. The Hall–Kier alpha value is -2.53. The van der Waals surface area contributed by atoms with E-state index in [9.17, 15) is 4.79 Å². The maximum atomic E-state index is 11.9. The number of halogens is 1. The van der Waals surface area contributed by atoms with Crippen molar-refractivity contribution in [1.82, 2.24) is 4.98 Å². The van der Waals surface area contributed by atoms with Gasteiger partial charge in [0, 0.05) is 12.3 Å². The molecular weight excluding hydrogens is 316 g/mol. The molecule has 0 atom stereocenters. The smallest absolute Gasteiger partial charge is 0.248 e. The van der Waals surface area contributed by atoms with Crippen molar-refractivity contribution < 1.29 is 14.3 Å². The molecule has 0 fully saturated rings. The Bertz CT molecular complexity index is 702. The highest BCUT2D eigenvalue weighted by molar-refractivity contribution is 6.32. The van der Waals surface area contributed by atoms with E-state index in [4.69, 9.17) is 21.1 Å². The highest BCUT2D eigenvalue weighted by Crippen LogP contribution is 2.36. The number of rotatable bonds is 6. The van der Waals surface area contributed by atoms with Crippen LogP contribution in [0.5, 0.6) is 11.5 Å². The molecule has 1 N–H and O–H groups in total. The molecule has 0 saturated heterocycles. The molecule has 2 rings (SSSR count). The van der Waals surface area contributed by atoms with Gasteiger partial charge in [0.15, 0.2) is 11.5 Å². The predicted octanol–water partition coefficient (Wildman–Crippen LogP) is 3.79. The number of pyridine rings is 1. The highest BCUT2D eigenvalue weighted by atomic mass is 35.5. The van der Waals surface area contributed by atoms with E-state index in [1.807, 2.05) is 6.92 Å². The summed E-state index contributed by atoms with van der Waals surface area (Å²) < 4.78 is 10.7. The van der Waals surface area contributed by atoms with Gasteiger partial charge in [-0.1, -0.05) is 11.6 Å². The summed E-state index contributed by atoms with van der Waals surface area (Å²) in [5.74, 6) is 0.753. The van der Waals surface area contributed by atoms with Crippen LogP contribution >= 0.6 is 11.6 Å². The van der Waals surface area contributed by atoms with Crippen molar-refractivity contribution in [2.45, 2.75) is 6.92 Å². The monoisotopic (exact) mass is 332 g/mol. The van der Waals surface area contributed by atoms with Gasteiger partial charge in [-0.25, -0.2) is 0 Å². The SMILES string of the molecule is CCOc1cc(C=CC(=O)Nc2cccnc2)cc(Cl)c1OC. The molecule has 0 unspecified atom stereocenters. The first-order valence-corrected chi connectivity index (χ1v) is 7.41. The van der Waals surface area contributed by atoms with Crippen LogP contribution in [0.15, 0.2) is 42.7 Å². The van der Waals surface area contributed by atoms with Gasteiger partial charge in [0.05, 0.1) is 30.6 Å². The van der Waals surface area contributed by atoms with E-state index in [2.05, 4.69) is 10.3 Å². The molecule has 120 valence electrons. The number of methoxy groups -OCH3 is 1. The summed E-state index contributed by atoms with van der Waals surface area (Å²) in [7, 11) is 1.53. The number of carbonyl (C=O) groups is 1. The molecule has 0 aliphatic rings. The molecule has 0 spiro atoms. The van der Waals surface area contributed by atoms with E-state index in [-0.39, 0.29) is 5.91 Å². The summed E-state index contributed by atoms with van der Waals surface area (Å²) in [5.41, 5.74) is 1.37. The summed E-state index contributed by atoms with van der Waals surface area (Å²) in [6.07, 6.45) is 6.28. The van der Waals surface area contributed by atoms with Crippen LogP contribution in [0.1, 0.15) is 12.5 Å². The quantitative estimate of drug-likeness (QED) is 0.817. The first-order valence-electron chi connectivity index (χ1n) is 7.03. The minimum Gasteiger partial charge on any atom is -0.491 e. The summed E-state index contributed by atoms with van der Waals surface area (Å²) in [5, 5.41) is 3.13. The lowest BCUT2D eigenvalue weighted by molar-refractivity contribution is -0.111. The number of benzene rings is 1. The number of nitrogens with one attached hydrogen (secondary N) is 1. The summed E-state index contributed by atoms with van der Waals surface area (Å²) in [6, 6.07) is 6.98. The van der Waals surface area contributed by atoms with Gasteiger partial charge < -0.3 is 14.8 Å². The van der Waals surface area contributed by atoms with Crippen LogP contribution < -0.4 is 14.8 Å². The van der Waals surface area contributed by atoms with Gasteiger partial charge >= 0.3 is 0 Å². The second kappa shape index (κ2) is 8.19. The fourth-order valence-electron chi connectivity index (χ4n) is 1.94. The van der Waals surface area contributed by atoms with Crippen molar-refractivity contribution in [3.63, 3.8) is 0 Å². The molecule has 0 aliphatic heterocycles. The van der Waals surface area contributed by atoms with Crippen LogP contribution in [0, 0.1) is 0 Å². The summed E-state index contributed by atoms with van der Waals surface area (Å²) >= 11 is 6.17. The lowest BCUT2D eigenvalue weighted by atomic mass is 10.2. The minimum absolute atomic E-state index is 0.261. The van der Waals surface area contributed by atoms with Crippen molar-refractivity contribution in [3.05, 3.63) is 53.3 Å². The molecule has 0 saturated carbocycles. The van der Waals surface area contributed by atoms with Gasteiger partial charge in [-0.15, -0.1) is 0 Å². The lowest BCUT2D eigenvalue weighted by Crippen LogP contribution is -2.07. The minimum atomic E-state index is -0.261. The topological polar surface area (TPSA) is 60.5 Å². The maximum Gasteiger partial charge on any atom is 0.248 e. The molecule has 1 aromatic carbocycles. The van der Waals surface area contributed by atoms with Crippen LogP contribution in [0.25, 0.3) is 6.08 Å². The predicted molar refractivity (Wildman–Crippen MR) is 91.1 cm³/mol. The van der Waals surface area contributed by atoms with Crippen LogP contribution in [0.4, 0.5) is 5.69 Å². The van der Waals surface area contributed by atoms with Gasteiger partial charge in [0.25, 0.3) is 0 Å². The average molecular weight is 333 g/mol. The zero-order chi connectivity index (χ0) is 16.7. The molecule has 5 nitrogen and oxygen atoms in total. The van der Waals surface area contributed by atoms with Crippen molar-refractivity contribution in [2.75, 3.05) is 19.0 Å². The number of ether oxygens (including phenoxy) is 2. The number of carbonyl (C=O) groups excluding carboxylic acids is 1. The molecule has 1 amide bonds. The van der Waals surface area contributed by atoms with Gasteiger partial charge in [-0.3, -0.25) is 9.78 Å². The second-order valence-electron chi connectivity index (χ2n) is 4.53. The van der Waals surface area contributed by atoms with E-state index in [1.54, 1.807) is 42.7 Å². The molecular formula is C17H17ClN2O3. The highest BCUT2D eigenvalue weighted by Gasteiger charge is 2.10. The largest absolute Gasteiger partial charge is 0.491 e. The van der Waals surface area contributed by atoms with Gasteiger partial charge in [0.2, 0.25) is 5.91 Å². The standard InChI is InChI=1S/C17H17ClN2O3/c1-3-23-15-10-12(9-14(18)17(15)22-2)6-7-16(21)20-13-5-4-8-19-11-13/h4-11H,3H2,1-2H3,(H,20,21). The Labute approximate surface area is 139 Å². The Kier molecular flexibility index (Phi) is 6.00. The van der Waals surface area contributed by atoms with Crippen LogP contribution in [0.3, 0.4) is 0 Å². The van der Waals surface area contributed by atoms with Crippen LogP contribution in [0.2, 0.25) is 5.02 Å². The summed E-state index contributed by atoms with van der Waals surface area (Å²) in [6.45, 7) is 2.36. The third-order valence-electron chi connectivity index (χ3n) is 2.89. The Morgan fingerprint density at radius 3 is 2.91 bits per heavy atom. The van der Waals surface area contributed by atoms with E-state index in [0.717, 1.165) is 5.56 Å². The van der Waals surface area contributed by atoms with Gasteiger partial charge in [-0.05, 0) is 42.8 Å². The van der Waals surface area contributed by atoms with E-state index in [1.165, 1.54) is 13.2 Å². The zero-order valence-electron chi connectivity index (χ0n) is 12.9. The lowest BCUT2D eigenvalue weighted by Gasteiger charge is -2.11. The van der Waals surface area contributed by atoms with Gasteiger partial charge in [0.1, 0.15) is 0 Å². The molecule has 2 aromatic rings. The third kappa shape index (κ3) is 4.72. The average Bonchev–Trinajstić information content (AvgIpc) is 2.54.